The van der Waals surface area contributed by atoms with Crippen LogP contribution in [0.5, 0.6) is 0 Å². The molecule has 1 aliphatic rings. The maximum atomic E-state index is 11.4. The predicted octanol–water partition coefficient (Wildman–Crippen LogP) is 2.93. The fourth-order valence-corrected chi connectivity index (χ4v) is 2.16. The smallest absolute Gasteiger partial charge is 0.306 e. The van der Waals surface area contributed by atoms with Crippen LogP contribution in [0, 0.1) is 11.3 Å². The van der Waals surface area contributed by atoms with Crippen molar-refractivity contribution < 1.29 is 9.53 Å². The van der Waals surface area contributed by atoms with Crippen molar-refractivity contribution >= 4 is 5.97 Å². The van der Waals surface area contributed by atoms with E-state index in [4.69, 9.17) is 4.74 Å². The van der Waals surface area contributed by atoms with Gasteiger partial charge in [-0.25, -0.2) is 0 Å². The molecule has 80 valence electrons. The third kappa shape index (κ3) is 2.17. The summed E-state index contributed by atoms with van der Waals surface area (Å²) in [6.07, 6.45) is 2.64. The maximum absolute atomic E-state index is 11.4. The fourth-order valence-electron chi connectivity index (χ4n) is 2.16. The van der Waals surface area contributed by atoms with Gasteiger partial charge in [0.1, 0.15) is 0 Å². The number of carbonyl (C=O) groups excluding carboxylic acids is 1. The average Bonchev–Trinajstić information content (AvgIpc) is 2.34. The van der Waals surface area contributed by atoms with E-state index in [1.807, 2.05) is 6.92 Å². The summed E-state index contributed by atoms with van der Waals surface area (Å²) in [6, 6.07) is 0. The summed E-state index contributed by atoms with van der Waals surface area (Å²) in [4.78, 5) is 11.4. The Morgan fingerprint density at radius 2 is 2.36 bits per heavy atom. The van der Waals surface area contributed by atoms with Crippen molar-refractivity contribution in [3.63, 3.8) is 0 Å². The largest absolute Gasteiger partial charge is 0.466 e. The first kappa shape index (κ1) is 11.3. The van der Waals surface area contributed by atoms with Crippen LogP contribution in [0.25, 0.3) is 0 Å². The van der Waals surface area contributed by atoms with Crippen molar-refractivity contribution in [3.05, 3.63) is 12.2 Å². The highest BCUT2D eigenvalue weighted by Crippen LogP contribution is 2.47. The predicted molar refractivity (Wildman–Crippen MR) is 56.9 cm³/mol. The molecule has 1 rings (SSSR count). The Balaban J connectivity index is 2.58. The van der Waals surface area contributed by atoms with E-state index in [0.29, 0.717) is 18.9 Å². The zero-order chi connectivity index (χ0) is 10.8. The molecular weight excluding hydrogens is 176 g/mol. The summed E-state index contributed by atoms with van der Waals surface area (Å²) in [5, 5.41) is 0. The molecule has 1 saturated carbocycles. The van der Waals surface area contributed by atoms with Gasteiger partial charge in [-0.3, -0.25) is 4.79 Å². The molecule has 14 heavy (non-hydrogen) atoms. The van der Waals surface area contributed by atoms with E-state index in [2.05, 4.69) is 20.4 Å². The molecule has 0 saturated heterocycles. The zero-order valence-electron chi connectivity index (χ0n) is 9.43. The van der Waals surface area contributed by atoms with Crippen molar-refractivity contribution in [1.82, 2.24) is 0 Å². The highest BCUT2D eigenvalue weighted by atomic mass is 16.5. The summed E-state index contributed by atoms with van der Waals surface area (Å²) in [7, 11) is 0. The number of esters is 1. The van der Waals surface area contributed by atoms with E-state index in [1.165, 1.54) is 5.57 Å². The molecule has 0 unspecified atom stereocenters. The van der Waals surface area contributed by atoms with Gasteiger partial charge in [0.25, 0.3) is 0 Å². The Hall–Kier alpha value is -0.790. The minimum atomic E-state index is -0.0726. The van der Waals surface area contributed by atoms with Gasteiger partial charge < -0.3 is 4.74 Å². The molecule has 0 aromatic heterocycles. The summed E-state index contributed by atoms with van der Waals surface area (Å²) < 4.78 is 4.98. The Kier molecular flexibility index (Phi) is 3.35. The standard InChI is InChI=1S/C12H20O2/c1-5-14-11(13)8-12(4)7-6-9(2)10(12)3/h10H,2,5-8H2,1,3-4H3/t10-,12-/m1/s1. The number of hydrogen-bond acceptors (Lipinski definition) is 2. The van der Waals surface area contributed by atoms with E-state index < -0.39 is 0 Å². The third-order valence-electron chi connectivity index (χ3n) is 3.53. The molecule has 0 N–H and O–H groups in total. The lowest BCUT2D eigenvalue weighted by atomic mass is 9.77. The van der Waals surface area contributed by atoms with Gasteiger partial charge in [-0.15, -0.1) is 0 Å². The lowest BCUT2D eigenvalue weighted by Crippen LogP contribution is -2.25. The quantitative estimate of drug-likeness (QED) is 0.512. The van der Waals surface area contributed by atoms with E-state index in [9.17, 15) is 4.79 Å². The van der Waals surface area contributed by atoms with E-state index >= 15 is 0 Å². The lowest BCUT2D eigenvalue weighted by Gasteiger charge is -2.28. The van der Waals surface area contributed by atoms with E-state index in [-0.39, 0.29) is 11.4 Å². The Morgan fingerprint density at radius 3 is 2.79 bits per heavy atom. The molecule has 2 atom stereocenters. The lowest BCUT2D eigenvalue weighted by molar-refractivity contribution is -0.146. The van der Waals surface area contributed by atoms with Crippen LogP contribution in [0.3, 0.4) is 0 Å². The van der Waals surface area contributed by atoms with Gasteiger partial charge in [-0.05, 0) is 31.1 Å². The van der Waals surface area contributed by atoms with Crippen LogP contribution < -0.4 is 0 Å². The molecule has 0 aromatic rings. The Morgan fingerprint density at radius 1 is 1.71 bits per heavy atom. The Bertz CT molecular complexity index is 245. The van der Waals surface area contributed by atoms with Crippen molar-refractivity contribution in [3.8, 4) is 0 Å². The second-order valence-electron chi connectivity index (χ2n) is 4.52. The highest BCUT2D eigenvalue weighted by molar-refractivity contribution is 5.70. The van der Waals surface area contributed by atoms with Crippen LogP contribution in [-0.4, -0.2) is 12.6 Å². The molecule has 0 heterocycles. The van der Waals surface area contributed by atoms with Crippen LogP contribution in [0.15, 0.2) is 12.2 Å². The van der Waals surface area contributed by atoms with Gasteiger partial charge in [0.15, 0.2) is 0 Å². The van der Waals surface area contributed by atoms with Gasteiger partial charge in [-0.1, -0.05) is 26.0 Å². The molecule has 0 aliphatic heterocycles. The van der Waals surface area contributed by atoms with E-state index in [0.717, 1.165) is 12.8 Å². The molecule has 1 aliphatic carbocycles. The minimum Gasteiger partial charge on any atom is -0.466 e. The zero-order valence-corrected chi connectivity index (χ0v) is 9.43. The van der Waals surface area contributed by atoms with E-state index in [1.54, 1.807) is 0 Å². The number of ether oxygens (including phenoxy) is 1. The van der Waals surface area contributed by atoms with Gasteiger partial charge >= 0.3 is 5.97 Å². The molecule has 0 aromatic carbocycles. The van der Waals surface area contributed by atoms with Crippen LogP contribution in [-0.2, 0) is 9.53 Å². The number of hydrogen-bond donors (Lipinski definition) is 0. The second kappa shape index (κ2) is 4.16. The summed E-state index contributed by atoms with van der Waals surface area (Å²) >= 11 is 0. The summed E-state index contributed by atoms with van der Waals surface area (Å²) in [6.45, 7) is 10.7. The molecule has 0 spiro atoms. The van der Waals surface area contributed by atoms with Gasteiger partial charge in [-0.2, -0.15) is 0 Å². The number of allylic oxidation sites excluding steroid dienone is 1. The van der Waals surface area contributed by atoms with Crippen molar-refractivity contribution in [2.75, 3.05) is 6.61 Å². The molecule has 1 fully saturated rings. The SMILES string of the molecule is C=C1CC[C@](C)(CC(=O)OCC)[C@@H]1C. The molecular formula is C12H20O2. The maximum Gasteiger partial charge on any atom is 0.306 e. The second-order valence-corrected chi connectivity index (χ2v) is 4.52. The molecule has 2 nitrogen and oxygen atoms in total. The summed E-state index contributed by atoms with van der Waals surface area (Å²) in [5.41, 5.74) is 1.35. The van der Waals surface area contributed by atoms with Crippen LogP contribution in [0.4, 0.5) is 0 Å². The van der Waals surface area contributed by atoms with Crippen molar-refractivity contribution in [2.45, 2.75) is 40.0 Å². The average molecular weight is 196 g/mol. The van der Waals surface area contributed by atoms with Crippen molar-refractivity contribution in [2.24, 2.45) is 11.3 Å². The molecule has 0 bridgehead atoms. The fraction of sp³-hybridized carbons (Fsp3) is 0.750. The molecule has 2 heteroatoms. The topological polar surface area (TPSA) is 26.3 Å². The van der Waals surface area contributed by atoms with Gasteiger partial charge in [0, 0.05) is 0 Å². The van der Waals surface area contributed by atoms with Crippen molar-refractivity contribution in [1.29, 1.82) is 0 Å². The monoisotopic (exact) mass is 196 g/mol. The number of carbonyl (C=O) groups is 1. The van der Waals surface area contributed by atoms with Gasteiger partial charge in [0.05, 0.1) is 13.0 Å². The first-order valence-corrected chi connectivity index (χ1v) is 5.33. The van der Waals surface area contributed by atoms with Gasteiger partial charge in [0.2, 0.25) is 0 Å². The summed E-state index contributed by atoms with van der Waals surface area (Å²) in [5.74, 6) is 0.364. The first-order chi connectivity index (χ1) is 6.49. The van der Waals surface area contributed by atoms with Crippen LogP contribution >= 0.6 is 0 Å². The number of rotatable bonds is 3. The molecule has 0 radical (unpaired) electrons. The third-order valence-corrected chi connectivity index (χ3v) is 3.53. The normalized spacial score (nSPS) is 31.9. The highest BCUT2D eigenvalue weighted by Gasteiger charge is 2.39. The van der Waals surface area contributed by atoms with Crippen LogP contribution in [0.1, 0.15) is 40.0 Å². The minimum absolute atomic E-state index is 0.0726. The van der Waals surface area contributed by atoms with Crippen LogP contribution in [0.2, 0.25) is 0 Å². The Labute approximate surface area is 86.3 Å². The first-order valence-electron chi connectivity index (χ1n) is 5.33. The molecule has 0 amide bonds.